The van der Waals surface area contributed by atoms with E-state index in [2.05, 4.69) is 5.92 Å². The molecule has 0 spiro atoms. The molecule has 3 rings (SSSR count). The lowest BCUT2D eigenvalue weighted by Gasteiger charge is -2.28. The molecule has 1 fully saturated rings. The SMILES string of the molecule is C#CCO[C@H]1C[C@H](n2cc(C(F)(F)F)c(=O)[nH]c2=O)O[C@@H]1COC(C)(C)OCc1ccccc1. The predicted molar refractivity (Wildman–Crippen MR) is 115 cm³/mol. The fraction of sp³-hybridized carbons (Fsp3) is 0.478. The van der Waals surface area contributed by atoms with Gasteiger partial charge in [0.05, 0.1) is 19.3 Å². The van der Waals surface area contributed by atoms with E-state index in [1.807, 2.05) is 30.3 Å². The lowest BCUT2D eigenvalue weighted by Crippen LogP contribution is -2.37. The van der Waals surface area contributed by atoms with Crippen LogP contribution in [0, 0.1) is 12.3 Å². The second-order valence-corrected chi connectivity index (χ2v) is 8.11. The van der Waals surface area contributed by atoms with E-state index < -0.39 is 47.2 Å². The second kappa shape index (κ2) is 10.6. The predicted octanol–water partition coefficient (Wildman–Crippen LogP) is 2.83. The van der Waals surface area contributed by atoms with Gasteiger partial charge < -0.3 is 18.9 Å². The van der Waals surface area contributed by atoms with E-state index in [1.165, 1.54) is 0 Å². The lowest BCUT2D eigenvalue weighted by molar-refractivity contribution is -0.237. The Morgan fingerprint density at radius 1 is 1.21 bits per heavy atom. The van der Waals surface area contributed by atoms with E-state index in [1.54, 1.807) is 18.8 Å². The number of terminal acetylenes is 1. The molecule has 1 aromatic heterocycles. The molecule has 8 nitrogen and oxygen atoms in total. The zero-order valence-electron chi connectivity index (χ0n) is 18.6. The molecule has 1 aliphatic rings. The molecule has 1 N–H and O–H groups in total. The third-order valence-electron chi connectivity index (χ3n) is 5.17. The van der Waals surface area contributed by atoms with E-state index in [0.717, 1.165) is 5.56 Å². The molecule has 2 aromatic rings. The molecule has 0 saturated carbocycles. The van der Waals surface area contributed by atoms with Crippen molar-refractivity contribution in [3.8, 4) is 12.3 Å². The summed E-state index contributed by atoms with van der Waals surface area (Å²) in [5, 5.41) is 0. The Morgan fingerprint density at radius 2 is 1.91 bits per heavy atom. The molecule has 0 aliphatic carbocycles. The summed E-state index contributed by atoms with van der Waals surface area (Å²) in [4.78, 5) is 25.5. The van der Waals surface area contributed by atoms with Crippen LogP contribution in [0.1, 0.15) is 37.6 Å². The van der Waals surface area contributed by atoms with Crippen molar-refractivity contribution < 1.29 is 32.1 Å². The van der Waals surface area contributed by atoms with Gasteiger partial charge in [-0.05, 0) is 19.4 Å². The van der Waals surface area contributed by atoms with Crippen LogP contribution in [0.15, 0.2) is 46.1 Å². The summed E-state index contributed by atoms with van der Waals surface area (Å²) in [6, 6.07) is 9.47. The number of nitrogens with one attached hydrogen (secondary N) is 1. The zero-order valence-corrected chi connectivity index (χ0v) is 18.6. The zero-order chi connectivity index (χ0) is 24.9. The maximum atomic E-state index is 13.2. The fourth-order valence-electron chi connectivity index (χ4n) is 3.41. The Bertz CT molecular complexity index is 1120. The van der Waals surface area contributed by atoms with Gasteiger partial charge in [-0.1, -0.05) is 36.3 Å². The van der Waals surface area contributed by atoms with Crippen molar-refractivity contribution in [3.05, 3.63) is 68.5 Å². The smallest absolute Gasteiger partial charge is 0.363 e. The third-order valence-corrected chi connectivity index (χ3v) is 5.17. The maximum Gasteiger partial charge on any atom is 0.423 e. The van der Waals surface area contributed by atoms with E-state index in [-0.39, 0.29) is 19.6 Å². The summed E-state index contributed by atoms with van der Waals surface area (Å²) in [5.74, 6) is 1.30. The molecule has 0 bridgehead atoms. The number of aromatic nitrogens is 2. The van der Waals surface area contributed by atoms with Crippen LogP contribution >= 0.6 is 0 Å². The molecule has 0 amide bonds. The van der Waals surface area contributed by atoms with Crippen LogP contribution in [0.25, 0.3) is 0 Å². The summed E-state index contributed by atoms with van der Waals surface area (Å²) in [6.07, 6.45) is -1.78. The van der Waals surface area contributed by atoms with E-state index in [9.17, 15) is 22.8 Å². The topological polar surface area (TPSA) is 91.8 Å². The van der Waals surface area contributed by atoms with Crippen molar-refractivity contribution in [2.45, 2.75) is 57.3 Å². The Balaban J connectivity index is 1.72. The summed E-state index contributed by atoms with van der Waals surface area (Å²) in [6.45, 7) is 3.60. The van der Waals surface area contributed by atoms with Crippen LogP contribution in [-0.4, -0.2) is 40.8 Å². The summed E-state index contributed by atoms with van der Waals surface area (Å²) < 4.78 is 63.2. The summed E-state index contributed by atoms with van der Waals surface area (Å²) in [7, 11) is 0. The highest BCUT2D eigenvalue weighted by Crippen LogP contribution is 2.32. The molecule has 3 atom stereocenters. The van der Waals surface area contributed by atoms with Crippen molar-refractivity contribution in [1.29, 1.82) is 0 Å². The van der Waals surface area contributed by atoms with Crippen molar-refractivity contribution in [2.24, 2.45) is 0 Å². The number of H-pyrrole nitrogens is 1. The van der Waals surface area contributed by atoms with Crippen LogP contribution in [0.5, 0.6) is 0 Å². The van der Waals surface area contributed by atoms with Crippen LogP contribution in [0.3, 0.4) is 0 Å². The molecule has 1 aliphatic heterocycles. The first-order valence-corrected chi connectivity index (χ1v) is 10.4. The van der Waals surface area contributed by atoms with Crippen LogP contribution in [0.2, 0.25) is 0 Å². The molecule has 0 unspecified atom stereocenters. The van der Waals surface area contributed by atoms with Gasteiger partial charge in [-0.2, -0.15) is 13.2 Å². The number of hydrogen-bond acceptors (Lipinski definition) is 6. The number of aromatic amines is 1. The summed E-state index contributed by atoms with van der Waals surface area (Å²) in [5.41, 5.74) is -3.12. The molecular formula is C23H25F3N2O6. The standard InChI is InChI=1S/C23H25F3N2O6/c1-4-10-31-17-11-19(28-12-16(23(24,25)26)20(29)27-21(28)30)34-18(17)14-33-22(2,3)32-13-15-8-6-5-7-9-15/h1,5-9,12,17-19H,10-11,13-14H2,2-3H3,(H,27,29,30)/t17-,18+,19+/m0/s1. The number of rotatable bonds is 9. The first-order chi connectivity index (χ1) is 16.0. The molecular weight excluding hydrogens is 457 g/mol. The fourth-order valence-corrected chi connectivity index (χ4v) is 3.41. The molecule has 1 saturated heterocycles. The minimum Gasteiger partial charge on any atom is -0.363 e. The lowest BCUT2D eigenvalue weighted by atomic mass is 10.2. The normalized spacial score (nSPS) is 20.9. The molecule has 1 aromatic carbocycles. The van der Waals surface area contributed by atoms with Gasteiger partial charge in [0.25, 0.3) is 5.56 Å². The Hall–Kier alpha value is -2.91. The average molecular weight is 482 g/mol. The number of hydrogen-bond donors (Lipinski definition) is 1. The van der Waals surface area contributed by atoms with Crippen molar-refractivity contribution in [3.63, 3.8) is 0 Å². The van der Waals surface area contributed by atoms with Gasteiger partial charge in [-0.25, -0.2) is 4.79 Å². The van der Waals surface area contributed by atoms with Gasteiger partial charge in [0.2, 0.25) is 0 Å². The Labute approximate surface area is 193 Å². The average Bonchev–Trinajstić information content (AvgIpc) is 3.17. The van der Waals surface area contributed by atoms with E-state index >= 15 is 0 Å². The van der Waals surface area contributed by atoms with Gasteiger partial charge in [0.1, 0.15) is 24.5 Å². The molecule has 11 heteroatoms. The highest BCUT2D eigenvalue weighted by Gasteiger charge is 2.41. The first-order valence-electron chi connectivity index (χ1n) is 10.4. The van der Waals surface area contributed by atoms with Crippen LogP contribution in [-0.2, 0) is 31.7 Å². The van der Waals surface area contributed by atoms with Crippen molar-refractivity contribution in [2.75, 3.05) is 13.2 Å². The van der Waals surface area contributed by atoms with E-state index in [0.29, 0.717) is 17.4 Å². The van der Waals surface area contributed by atoms with Crippen LogP contribution in [0.4, 0.5) is 13.2 Å². The number of ether oxygens (including phenoxy) is 4. The van der Waals surface area contributed by atoms with Crippen molar-refractivity contribution >= 4 is 0 Å². The van der Waals surface area contributed by atoms with Crippen molar-refractivity contribution in [1.82, 2.24) is 9.55 Å². The van der Waals surface area contributed by atoms with Gasteiger partial charge >= 0.3 is 11.9 Å². The largest absolute Gasteiger partial charge is 0.423 e. The molecule has 184 valence electrons. The van der Waals surface area contributed by atoms with Gasteiger partial charge in [-0.3, -0.25) is 14.3 Å². The monoisotopic (exact) mass is 482 g/mol. The molecule has 34 heavy (non-hydrogen) atoms. The first kappa shape index (κ1) is 25.7. The molecule has 0 radical (unpaired) electrons. The van der Waals surface area contributed by atoms with E-state index in [4.69, 9.17) is 25.4 Å². The van der Waals surface area contributed by atoms with Crippen LogP contribution < -0.4 is 11.2 Å². The molecule has 2 heterocycles. The number of halogens is 3. The maximum absolute atomic E-state index is 13.2. The number of nitrogens with zero attached hydrogens (tertiary/aromatic N) is 1. The minimum atomic E-state index is -4.94. The number of alkyl halides is 3. The second-order valence-electron chi connectivity index (χ2n) is 8.11. The van der Waals surface area contributed by atoms with Gasteiger partial charge in [-0.15, -0.1) is 6.42 Å². The Morgan fingerprint density at radius 3 is 2.56 bits per heavy atom. The number of benzene rings is 1. The Kier molecular flexibility index (Phi) is 7.99. The minimum absolute atomic E-state index is 0.0181. The van der Waals surface area contributed by atoms with Gasteiger partial charge in [0.15, 0.2) is 5.79 Å². The third kappa shape index (κ3) is 6.57. The highest BCUT2D eigenvalue weighted by molar-refractivity contribution is 5.13. The highest BCUT2D eigenvalue weighted by atomic mass is 19.4. The van der Waals surface area contributed by atoms with Gasteiger partial charge in [0, 0.05) is 12.6 Å². The summed E-state index contributed by atoms with van der Waals surface area (Å²) >= 11 is 0. The quantitative estimate of drug-likeness (QED) is 0.437.